The standard InChI is InChI=1S/C24H27F3N2O2.C5H6N2O2/c25-24(26,27)31-19-7-3-4-16(8-19)11-28-12-20-21-13-29(14-22(20)21)15-23(30)9-17-5-1-2-6-18(17)10-23;1-7-2-4(5(8)9)6-3-7/h1-8,20-22,28,30H,9-15H2;2-3H,1H3,(H,8,9). The summed E-state index contributed by atoms with van der Waals surface area (Å²) in [6, 6.07) is 14.4. The van der Waals surface area contributed by atoms with Gasteiger partial charge in [-0.15, -0.1) is 13.2 Å². The molecule has 3 N–H and O–H groups in total. The minimum Gasteiger partial charge on any atom is -0.476 e. The van der Waals surface area contributed by atoms with Crippen LogP contribution in [-0.2, 0) is 26.4 Å². The Balaban J connectivity index is 0.000000306. The van der Waals surface area contributed by atoms with E-state index in [-0.39, 0.29) is 11.4 Å². The fourth-order valence-electron chi connectivity index (χ4n) is 6.13. The molecule has 6 rings (SSSR count). The molecule has 0 radical (unpaired) electrons. The van der Waals surface area contributed by atoms with Gasteiger partial charge < -0.3 is 24.8 Å². The summed E-state index contributed by atoms with van der Waals surface area (Å²) in [6.07, 6.45) is -0.308. The number of carboxylic acid groups (broad SMARTS) is 1. The van der Waals surface area contributed by atoms with Crippen LogP contribution in [0.3, 0.4) is 0 Å². The number of β-amino-alcohol motifs (C(OH)–C–C–N with tert-alkyl or cyclic N) is 1. The smallest absolute Gasteiger partial charge is 0.476 e. The number of aromatic carboxylic acids is 1. The first-order chi connectivity index (χ1) is 19.0. The highest BCUT2D eigenvalue weighted by Gasteiger charge is 2.55. The van der Waals surface area contributed by atoms with E-state index in [4.69, 9.17) is 5.11 Å². The van der Waals surface area contributed by atoms with Crippen LogP contribution >= 0.6 is 0 Å². The molecule has 0 spiro atoms. The molecule has 1 saturated carbocycles. The Labute approximate surface area is 230 Å². The third-order valence-corrected chi connectivity index (χ3v) is 7.89. The first kappa shape index (κ1) is 28.1. The molecule has 2 heterocycles. The second-order valence-corrected chi connectivity index (χ2v) is 11.1. The first-order valence-electron chi connectivity index (χ1n) is 13.3. The Bertz CT molecular complexity index is 1310. The van der Waals surface area contributed by atoms with Crippen LogP contribution < -0.4 is 10.1 Å². The molecule has 0 bridgehead atoms. The van der Waals surface area contributed by atoms with E-state index in [0.29, 0.717) is 24.3 Å². The van der Waals surface area contributed by atoms with Gasteiger partial charge in [0.2, 0.25) is 0 Å². The zero-order valence-corrected chi connectivity index (χ0v) is 22.1. The number of halogens is 3. The fraction of sp³-hybridized carbons (Fsp3) is 0.448. The summed E-state index contributed by atoms with van der Waals surface area (Å²) in [4.78, 5) is 16.1. The maximum Gasteiger partial charge on any atom is 0.573 e. The van der Waals surface area contributed by atoms with Gasteiger partial charge in [0, 0.05) is 52.3 Å². The number of carbonyl (C=O) groups is 1. The van der Waals surface area contributed by atoms with Gasteiger partial charge >= 0.3 is 12.3 Å². The summed E-state index contributed by atoms with van der Waals surface area (Å²) < 4.78 is 42.7. The lowest BCUT2D eigenvalue weighted by Crippen LogP contribution is -2.44. The molecule has 3 aliphatic rings. The Hall–Kier alpha value is -3.41. The monoisotopic (exact) mass is 558 g/mol. The van der Waals surface area contributed by atoms with Crippen LogP contribution in [0.1, 0.15) is 27.2 Å². The average Bonchev–Trinajstić information content (AvgIpc) is 3.25. The van der Waals surface area contributed by atoms with Crippen LogP contribution in [0.25, 0.3) is 0 Å². The van der Waals surface area contributed by atoms with Crippen LogP contribution in [0.4, 0.5) is 13.2 Å². The number of aryl methyl sites for hydroxylation is 1. The average molecular weight is 559 g/mol. The minimum absolute atomic E-state index is 0.0810. The molecule has 2 aliphatic carbocycles. The number of hydrogen-bond acceptors (Lipinski definition) is 6. The SMILES string of the molecule is Cn1cnc(C(=O)O)c1.OC1(CN2CC3C(CNCc4cccc(OC(F)(F)F)c4)C3C2)Cc2ccccc2C1. The second kappa shape index (κ2) is 11.2. The minimum atomic E-state index is -4.67. The third-order valence-electron chi connectivity index (χ3n) is 7.89. The van der Waals surface area contributed by atoms with Crippen molar-refractivity contribution in [3.05, 3.63) is 83.4 Å². The van der Waals surface area contributed by atoms with E-state index in [0.717, 1.165) is 44.6 Å². The van der Waals surface area contributed by atoms with E-state index in [1.807, 2.05) is 12.1 Å². The topological polar surface area (TPSA) is 99.9 Å². The number of hydrogen-bond donors (Lipinski definition) is 3. The van der Waals surface area contributed by atoms with E-state index in [9.17, 15) is 23.1 Å². The van der Waals surface area contributed by atoms with Crippen molar-refractivity contribution in [1.29, 1.82) is 0 Å². The largest absolute Gasteiger partial charge is 0.573 e. The number of alkyl halides is 3. The van der Waals surface area contributed by atoms with Crippen molar-refractivity contribution in [2.45, 2.75) is 31.3 Å². The summed E-state index contributed by atoms with van der Waals surface area (Å²) >= 11 is 0. The maximum atomic E-state index is 12.4. The van der Waals surface area contributed by atoms with Gasteiger partial charge in [-0.05, 0) is 53.1 Å². The van der Waals surface area contributed by atoms with E-state index in [1.165, 1.54) is 35.8 Å². The molecule has 1 aromatic heterocycles. The Morgan fingerprint density at radius 1 is 1.12 bits per heavy atom. The maximum absolute atomic E-state index is 12.4. The fourth-order valence-corrected chi connectivity index (χ4v) is 6.13. The molecular weight excluding hydrogens is 525 g/mol. The number of ether oxygens (including phenoxy) is 1. The number of benzene rings is 2. The van der Waals surface area contributed by atoms with Gasteiger partial charge in [0.1, 0.15) is 5.75 Å². The molecule has 1 saturated heterocycles. The quantitative estimate of drug-likeness (QED) is 0.389. The number of imidazole rings is 1. The molecule has 11 heteroatoms. The number of carboxylic acids is 1. The highest BCUT2D eigenvalue weighted by molar-refractivity contribution is 5.84. The third kappa shape index (κ3) is 7.01. The van der Waals surface area contributed by atoms with Crippen LogP contribution in [0, 0.1) is 17.8 Å². The van der Waals surface area contributed by atoms with Crippen molar-refractivity contribution in [2.24, 2.45) is 24.8 Å². The Morgan fingerprint density at radius 3 is 2.35 bits per heavy atom. The molecule has 1 aliphatic heterocycles. The summed E-state index contributed by atoms with van der Waals surface area (Å²) in [5.41, 5.74) is 2.73. The molecule has 2 unspecified atom stereocenters. The molecule has 3 aromatic rings. The lowest BCUT2D eigenvalue weighted by molar-refractivity contribution is -0.274. The van der Waals surface area contributed by atoms with Crippen LogP contribution in [0.2, 0.25) is 0 Å². The van der Waals surface area contributed by atoms with Gasteiger partial charge in [-0.2, -0.15) is 0 Å². The summed E-state index contributed by atoms with van der Waals surface area (Å²) in [5, 5.41) is 22.8. The van der Waals surface area contributed by atoms with Gasteiger partial charge in [-0.25, -0.2) is 9.78 Å². The number of piperidine rings is 1. The first-order valence-corrected chi connectivity index (χ1v) is 13.3. The second-order valence-electron chi connectivity index (χ2n) is 11.1. The van der Waals surface area contributed by atoms with Gasteiger partial charge in [0.05, 0.1) is 11.9 Å². The van der Waals surface area contributed by atoms with Crippen LogP contribution in [-0.4, -0.2) is 68.8 Å². The van der Waals surface area contributed by atoms with E-state index >= 15 is 0 Å². The van der Waals surface area contributed by atoms with E-state index in [1.54, 1.807) is 23.7 Å². The number of aromatic nitrogens is 2. The molecule has 40 heavy (non-hydrogen) atoms. The molecule has 214 valence electrons. The molecule has 2 aromatic carbocycles. The molecule has 2 fully saturated rings. The van der Waals surface area contributed by atoms with Crippen molar-refractivity contribution >= 4 is 5.97 Å². The number of nitrogens with zero attached hydrogens (tertiary/aromatic N) is 3. The number of nitrogens with one attached hydrogen (secondary N) is 1. The van der Waals surface area contributed by atoms with Crippen molar-refractivity contribution in [3.63, 3.8) is 0 Å². The van der Waals surface area contributed by atoms with Gasteiger partial charge in [0.25, 0.3) is 0 Å². The molecular formula is C29H33F3N4O4. The van der Waals surface area contributed by atoms with Gasteiger partial charge in [-0.1, -0.05) is 36.4 Å². The number of fused-ring (bicyclic) bond motifs is 2. The highest BCUT2D eigenvalue weighted by atomic mass is 19.4. The van der Waals surface area contributed by atoms with Crippen molar-refractivity contribution in [3.8, 4) is 5.75 Å². The van der Waals surface area contributed by atoms with Gasteiger partial charge in [-0.3, -0.25) is 4.90 Å². The number of rotatable bonds is 8. The lowest BCUT2D eigenvalue weighted by atomic mass is 9.99. The highest BCUT2D eigenvalue weighted by Crippen LogP contribution is 2.51. The lowest BCUT2D eigenvalue weighted by Gasteiger charge is -2.30. The van der Waals surface area contributed by atoms with Gasteiger partial charge in [0.15, 0.2) is 5.69 Å². The van der Waals surface area contributed by atoms with E-state index < -0.39 is 17.9 Å². The summed E-state index contributed by atoms with van der Waals surface area (Å²) in [6.45, 7) is 4.14. The summed E-state index contributed by atoms with van der Waals surface area (Å²) in [5.74, 6) is 0.745. The Morgan fingerprint density at radius 2 is 1.80 bits per heavy atom. The zero-order chi connectivity index (χ0) is 28.5. The predicted molar refractivity (Wildman–Crippen MR) is 141 cm³/mol. The predicted octanol–water partition coefficient (Wildman–Crippen LogP) is 3.50. The molecule has 2 atom stereocenters. The molecule has 8 nitrogen and oxygen atoms in total. The molecule has 0 amide bonds. The van der Waals surface area contributed by atoms with Crippen molar-refractivity contribution < 1.29 is 32.9 Å². The number of likely N-dealkylation sites (tertiary alicyclic amines) is 1. The Kier molecular flexibility index (Phi) is 7.89. The van der Waals surface area contributed by atoms with Crippen molar-refractivity contribution in [1.82, 2.24) is 19.8 Å². The van der Waals surface area contributed by atoms with E-state index in [2.05, 4.69) is 32.1 Å². The summed E-state index contributed by atoms with van der Waals surface area (Å²) in [7, 11) is 1.72. The van der Waals surface area contributed by atoms with Crippen LogP contribution in [0.5, 0.6) is 5.75 Å². The zero-order valence-electron chi connectivity index (χ0n) is 22.1. The normalized spacial score (nSPS) is 22.7. The van der Waals surface area contributed by atoms with Crippen LogP contribution in [0.15, 0.2) is 61.1 Å². The number of aliphatic hydroxyl groups is 1. The van der Waals surface area contributed by atoms with Crippen molar-refractivity contribution in [2.75, 3.05) is 26.2 Å².